The molecule has 2 N–H and O–H groups in total. The zero-order chi connectivity index (χ0) is 26.2. The van der Waals surface area contributed by atoms with Crippen molar-refractivity contribution in [2.75, 3.05) is 20.2 Å². The van der Waals surface area contributed by atoms with Crippen molar-refractivity contribution in [3.05, 3.63) is 83.7 Å². The van der Waals surface area contributed by atoms with E-state index in [2.05, 4.69) is 15.3 Å². The third-order valence-electron chi connectivity index (χ3n) is 7.18. The van der Waals surface area contributed by atoms with Crippen LogP contribution in [0.2, 0.25) is 0 Å². The molecule has 2 atom stereocenters. The first-order valence-corrected chi connectivity index (χ1v) is 12.5. The van der Waals surface area contributed by atoms with E-state index in [-0.39, 0.29) is 41.7 Å². The Hall–Kier alpha value is -4.66. The topological polar surface area (TPSA) is 114 Å². The van der Waals surface area contributed by atoms with E-state index < -0.39 is 0 Å². The van der Waals surface area contributed by atoms with E-state index in [1.807, 2.05) is 18.2 Å². The quantitative estimate of drug-likeness (QED) is 0.422. The summed E-state index contributed by atoms with van der Waals surface area (Å²) < 4.78 is 11.6. The number of carbonyl (C=O) groups is 2. The molecule has 3 heterocycles. The van der Waals surface area contributed by atoms with Crippen LogP contribution >= 0.6 is 0 Å². The number of hydrogen-bond acceptors (Lipinski definition) is 7. The van der Waals surface area contributed by atoms with E-state index in [4.69, 9.17) is 9.47 Å². The van der Waals surface area contributed by atoms with Crippen molar-refractivity contribution in [1.82, 2.24) is 20.2 Å². The van der Waals surface area contributed by atoms with Crippen molar-refractivity contribution in [2.24, 2.45) is 0 Å². The highest BCUT2D eigenvalue weighted by atomic mass is 16.5. The number of para-hydroxylation sites is 1. The Morgan fingerprint density at radius 1 is 1.05 bits per heavy atom. The van der Waals surface area contributed by atoms with Gasteiger partial charge in [0.25, 0.3) is 5.91 Å². The molecule has 0 spiro atoms. The summed E-state index contributed by atoms with van der Waals surface area (Å²) >= 11 is 0. The van der Waals surface area contributed by atoms with E-state index in [0.717, 1.165) is 11.1 Å². The molecule has 2 aliphatic heterocycles. The first-order valence-electron chi connectivity index (χ1n) is 12.5. The van der Waals surface area contributed by atoms with Gasteiger partial charge in [0.2, 0.25) is 5.91 Å². The van der Waals surface area contributed by atoms with Crippen LogP contribution in [0.3, 0.4) is 0 Å². The number of aromatic nitrogens is 2. The predicted octanol–water partition coefficient (Wildman–Crippen LogP) is 3.81. The van der Waals surface area contributed by atoms with Crippen LogP contribution in [0.4, 0.5) is 0 Å². The maximum atomic E-state index is 13.7. The van der Waals surface area contributed by atoms with Gasteiger partial charge in [-0.3, -0.25) is 19.6 Å². The number of nitrogens with one attached hydrogen (secondary N) is 1. The lowest BCUT2D eigenvalue weighted by Gasteiger charge is -2.21. The first-order chi connectivity index (χ1) is 18.5. The van der Waals surface area contributed by atoms with E-state index in [1.165, 1.54) is 0 Å². The Bertz CT molecular complexity index is 1550. The number of aryl methyl sites for hydroxylation is 1. The molecule has 1 aromatic heterocycles. The summed E-state index contributed by atoms with van der Waals surface area (Å²) in [6.45, 7) is 0.744. The van der Waals surface area contributed by atoms with E-state index in [0.29, 0.717) is 47.6 Å². The van der Waals surface area contributed by atoms with Crippen LogP contribution < -0.4 is 14.8 Å². The number of rotatable bonds is 2. The number of phenols is 1. The zero-order valence-electron chi connectivity index (χ0n) is 20.8. The molecule has 4 bridgehead atoms. The van der Waals surface area contributed by atoms with Gasteiger partial charge in [0, 0.05) is 37.8 Å². The van der Waals surface area contributed by atoms with E-state index in [9.17, 15) is 14.7 Å². The van der Waals surface area contributed by atoms with Gasteiger partial charge >= 0.3 is 0 Å². The molecule has 2 aliphatic rings. The molecule has 1 saturated heterocycles. The molecule has 4 aromatic rings. The van der Waals surface area contributed by atoms with Gasteiger partial charge < -0.3 is 24.8 Å². The summed E-state index contributed by atoms with van der Waals surface area (Å²) in [5.74, 6) is 0.779. The summed E-state index contributed by atoms with van der Waals surface area (Å²) in [6, 6.07) is 15.7. The van der Waals surface area contributed by atoms with Gasteiger partial charge in [-0.05, 0) is 53.9 Å². The second-order valence-electron chi connectivity index (χ2n) is 9.53. The summed E-state index contributed by atoms with van der Waals surface area (Å²) in [5, 5.41) is 13.6. The molecule has 2 amide bonds. The molecule has 1 fully saturated rings. The van der Waals surface area contributed by atoms with Crippen LogP contribution in [-0.4, -0.2) is 58.0 Å². The third-order valence-corrected chi connectivity index (χ3v) is 7.18. The molecule has 3 aromatic carbocycles. The minimum absolute atomic E-state index is 0.00534. The lowest BCUT2D eigenvalue weighted by molar-refractivity contribution is -0.121. The van der Waals surface area contributed by atoms with Crippen LogP contribution in [-0.2, 0) is 11.2 Å². The predicted molar refractivity (Wildman–Crippen MR) is 140 cm³/mol. The van der Waals surface area contributed by atoms with Gasteiger partial charge in [-0.25, -0.2) is 0 Å². The maximum Gasteiger partial charge on any atom is 0.256 e. The van der Waals surface area contributed by atoms with E-state index in [1.54, 1.807) is 60.8 Å². The molecule has 0 aliphatic carbocycles. The number of amides is 2. The monoisotopic (exact) mass is 510 g/mol. The van der Waals surface area contributed by atoms with E-state index >= 15 is 0 Å². The van der Waals surface area contributed by atoms with Crippen LogP contribution in [0.1, 0.15) is 33.8 Å². The average Bonchev–Trinajstić information content (AvgIpc) is 3.36. The van der Waals surface area contributed by atoms with Gasteiger partial charge in [0.1, 0.15) is 5.52 Å². The number of phenolic OH excluding ortho intramolecular Hbond substituents is 1. The molecule has 38 heavy (non-hydrogen) atoms. The van der Waals surface area contributed by atoms with Crippen LogP contribution in [0, 0.1) is 0 Å². The number of methoxy groups -OCH3 is 1. The molecule has 0 unspecified atom stereocenters. The highest BCUT2D eigenvalue weighted by Crippen LogP contribution is 2.40. The Labute approximate surface area is 219 Å². The maximum absolute atomic E-state index is 13.7. The average molecular weight is 511 g/mol. The number of aromatic hydroxyl groups is 1. The molecule has 192 valence electrons. The number of likely N-dealkylation sites (tertiary alicyclic amines) is 1. The normalized spacial score (nSPS) is 18.9. The number of hydrogen-bond donors (Lipinski definition) is 2. The molecule has 9 nitrogen and oxygen atoms in total. The van der Waals surface area contributed by atoms with Gasteiger partial charge in [-0.15, -0.1) is 0 Å². The van der Waals surface area contributed by atoms with Crippen molar-refractivity contribution >= 4 is 22.8 Å². The van der Waals surface area contributed by atoms with Crippen LogP contribution in [0.15, 0.2) is 67.0 Å². The highest BCUT2D eigenvalue weighted by Gasteiger charge is 2.38. The minimum atomic E-state index is -0.300. The largest absolute Gasteiger partial charge is 0.504 e. The second-order valence-corrected chi connectivity index (χ2v) is 9.53. The number of nitrogens with zero attached hydrogens (tertiary/aromatic N) is 3. The third kappa shape index (κ3) is 4.36. The zero-order valence-corrected chi connectivity index (χ0v) is 20.8. The van der Waals surface area contributed by atoms with Crippen molar-refractivity contribution in [2.45, 2.75) is 24.8 Å². The standard InChI is InChI=1S/C29H26N4O5/c1-37-24-9-7-18-14-26(24)38-25-13-17(5-8-23(25)34)6-10-27(35)32-22-16-33(15-20(18)22)29(36)19-3-2-4-21-28(19)31-12-11-30-21/h2-5,7-9,11-14,20,22,34H,6,10,15-16H2,1H3,(H,32,35)/t20-,22+/m0/s1. The van der Waals surface area contributed by atoms with Crippen LogP contribution in [0.25, 0.3) is 11.0 Å². The first kappa shape index (κ1) is 23.7. The number of benzene rings is 3. The number of carbonyl (C=O) groups excluding carboxylic acids is 2. The molecule has 0 saturated carbocycles. The fourth-order valence-electron chi connectivity index (χ4n) is 5.24. The summed E-state index contributed by atoms with van der Waals surface area (Å²) in [4.78, 5) is 37.2. The Morgan fingerprint density at radius 2 is 1.92 bits per heavy atom. The smallest absolute Gasteiger partial charge is 0.256 e. The minimum Gasteiger partial charge on any atom is -0.504 e. The van der Waals surface area contributed by atoms with Gasteiger partial charge in [-0.2, -0.15) is 0 Å². The Kier molecular flexibility index (Phi) is 6.03. The Balaban J connectivity index is 1.38. The van der Waals surface area contributed by atoms with Crippen molar-refractivity contribution in [3.8, 4) is 23.0 Å². The molecule has 9 heteroatoms. The molecule has 0 radical (unpaired) electrons. The van der Waals surface area contributed by atoms with Gasteiger partial charge in [-0.1, -0.05) is 18.2 Å². The molecule has 6 rings (SSSR count). The number of fused-ring (bicyclic) bond motifs is 7. The lowest BCUT2D eigenvalue weighted by Crippen LogP contribution is -2.40. The van der Waals surface area contributed by atoms with Crippen molar-refractivity contribution < 1.29 is 24.2 Å². The summed E-state index contributed by atoms with van der Waals surface area (Å²) in [7, 11) is 1.55. The molecular formula is C29H26N4O5. The van der Waals surface area contributed by atoms with Gasteiger partial charge in [0.05, 0.1) is 24.2 Å². The summed E-state index contributed by atoms with van der Waals surface area (Å²) in [5.41, 5.74) is 3.42. The van der Waals surface area contributed by atoms with Crippen LogP contribution in [0.5, 0.6) is 23.0 Å². The fraction of sp³-hybridized carbons (Fsp3) is 0.241. The fourth-order valence-corrected chi connectivity index (χ4v) is 5.24. The van der Waals surface area contributed by atoms with Gasteiger partial charge in [0.15, 0.2) is 23.0 Å². The Morgan fingerprint density at radius 3 is 2.79 bits per heavy atom. The molecular weight excluding hydrogens is 484 g/mol. The number of ether oxygens (including phenoxy) is 2. The highest BCUT2D eigenvalue weighted by molar-refractivity contribution is 6.04. The lowest BCUT2D eigenvalue weighted by atomic mass is 9.93. The summed E-state index contributed by atoms with van der Waals surface area (Å²) in [6.07, 6.45) is 3.92. The van der Waals surface area contributed by atoms with Crippen molar-refractivity contribution in [3.63, 3.8) is 0 Å². The second kappa shape index (κ2) is 9.66. The SMILES string of the molecule is COc1ccc2cc1Oc1cc(ccc1O)CCC(=O)N[C@@H]1CN(C(=O)c3cccc4nccnc34)C[C@@H]21. The van der Waals surface area contributed by atoms with Crippen molar-refractivity contribution in [1.29, 1.82) is 0 Å².